The van der Waals surface area contributed by atoms with Crippen LogP contribution in [0.15, 0.2) is 36.9 Å². The Bertz CT molecular complexity index is 876. The molecule has 0 aliphatic carbocycles. The molecule has 0 radical (unpaired) electrons. The first-order valence-corrected chi connectivity index (χ1v) is 5.99. The second-order valence-corrected chi connectivity index (χ2v) is 4.47. The van der Waals surface area contributed by atoms with Gasteiger partial charge in [-0.1, -0.05) is 11.6 Å². The Balaban J connectivity index is 2.01. The first kappa shape index (κ1) is 10.5. The van der Waals surface area contributed by atoms with Crippen LogP contribution >= 0.6 is 11.6 Å². The van der Waals surface area contributed by atoms with Crippen molar-refractivity contribution in [1.29, 1.82) is 0 Å². The molecule has 0 bridgehead atoms. The quantitative estimate of drug-likeness (QED) is 0.576. The lowest BCUT2D eigenvalue weighted by molar-refractivity contribution is 1.07. The standard InChI is InChI=1S/C12H7ClN6/c13-7-1-3-8(4-2-7)19-6-16-11-12(19)18-10-9(17-11)14-5-15-10/h1-6H,(H,14,15,17,18). The zero-order chi connectivity index (χ0) is 12.8. The molecule has 3 aromatic heterocycles. The molecule has 0 saturated carbocycles. The van der Waals surface area contributed by atoms with E-state index in [1.165, 1.54) is 0 Å². The molecule has 0 atom stereocenters. The second-order valence-electron chi connectivity index (χ2n) is 4.04. The van der Waals surface area contributed by atoms with Gasteiger partial charge < -0.3 is 4.98 Å². The minimum absolute atomic E-state index is 0.572. The van der Waals surface area contributed by atoms with Crippen LogP contribution in [-0.2, 0) is 0 Å². The monoisotopic (exact) mass is 270 g/mol. The van der Waals surface area contributed by atoms with Crippen LogP contribution in [0.3, 0.4) is 0 Å². The van der Waals surface area contributed by atoms with Crippen LogP contribution < -0.4 is 0 Å². The van der Waals surface area contributed by atoms with Crippen molar-refractivity contribution in [2.45, 2.75) is 0 Å². The molecule has 4 aromatic rings. The summed E-state index contributed by atoms with van der Waals surface area (Å²) in [6.45, 7) is 0. The van der Waals surface area contributed by atoms with Crippen molar-refractivity contribution in [3.8, 4) is 5.69 Å². The molecule has 3 heterocycles. The third-order valence-corrected chi connectivity index (χ3v) is 3.11. The van der Waals surface area contributed by atoms with Crippen molar-refractivity contribution >= 4 is 34.2 Å². The van der Waals surface area contributed by atoms with Crippen LogP contribution in [0, 0.1) is 0 Å². The minimum atomic E-state index is 0.572. The summed E-state index contributed by atoms with van der Waals surface area (Å²) in [4.78, 5) is 20.1. The van der Waals surface area contributed by atoms with E-state index >= 15 is 0 Å². The number of fused-ring (bicyclic) bond motifs is 2. The molecule has 0 amide bonds. The van der Waals surface area contributed by atoms with Gasteiger partial charge in [0, 0.05) is 10.7 Å². The van der Waals surface area contributed by atoms with Gasteiger partial charge in [0.15, 0.2) is 22.6 Å². The molecule has 0 aliphatic heterocycles. The summed E-state index contributed by atoms with van der Waals surface area (Å²) in [6.07, 6.45) is 3.25. The van der Waals surface area contributed by atoms with Gasteiger partial charge in [-0.25, -0.2) is 19.9 Å². The van der Waals surface area contributed by atoms with Crippen molar-refractivity contribution in [1.82, 2.24) is 29.5 Å². The van der Waals surface area contributed by atoms with Crippen LogP contribution in [0.2, 0.25) is 5.02 Å². The van der Waals surface area contributed by atoms with E-state index in [2.05, 4.69) is 24.9 Å². The van der Waals surface area contributed by atoms with Gasteiger partial charge in [-0.3, -0.25) is 4.57 Å². The van der Waals surface area contributed by atoms with E-state index in [0.29, 0.717) is 27.6 Å². The predicted octanol–water partition coefficient (Wildman–Crippen LogP) is 2.35. The molecular formula is C12H7ClN6. The van der Waals surface area contributed by atoms with Gasteiger partial charge in [-0.05, 0) is 24.3 Å². The summed E-state index contributed by atoms with van der Waals surface area (Å²) in [6, 6.07) is 7.45. The fraction of sp³-hybridized carbons (Fsp3) is 0. The van der Waals surface area contributed by atoms with Gasteiger partial charge in [0.1, 0.15) is 6.33 Å². The predicted molar refractivity (Wildman–Crippen MR) is 71.3 cm³/mol. The Kier molecular flexibility index (Phi) is 2.07. The Morgan fingerprint density at radius 3 is 2.68 bits per heavy atom. The van der Waals surface area contributed by atoms with E-state index < -0.39 is 0 Å². The summed E-state index contributed by atoms with van der Waals surface area (Å²) in [5.41, 5.74) is 3.38. The normalized spacial score (nSPS) is 11.4. The molecule has 6 nitrogen and oxygen atoms in total. The Morgan fingerprint density at radius 1 is 1.00 bits per heavy atom. The molecule has 0 saturated heterocycles. The molecule has 0 aliphatic rings. The first-order valence-electron chi connectivity index (χ1n) is 5.61. The lowest BCUT2D eigenvalue weighted by atomic mass is 10.3. The van der Waals surface area contributed by atoms with Crippen molar-refractivity contribution in [2.75, 3.05) is 0 Å². The van der Waals surface area contributed by atoms with Gasteiger partial charge >= 0.3 is 0 Å². The maximum Gasteiger partial charge on any atom is 0.199 e. The van der Waals surface area contributed by atoms with E-state index in [9.17, 15) is 0 Å². The fourth-order valence-electron chi connectivity index (χ4n) is 1.96. The SMILES string of the molecule is Clc1ccc(-n2cnc3nc4[nH]cnc4nc32)cc1. The van der Waals surface area contributed by atoms with Gasteiger partial charge in [0.05, 0.1) is 6.33 Å². The third-order valence-electron chi connectivity index (χ3n) is 2.86. The molecule has 92 valence electrons. The van der Waals surface area contributed by atoms with Gasteiger partial charge in [-0.15, -0.1) is 0 Å². The molecule has 19 heavy (non-hydrogen) atoms. The van der Waals surface area contributed by atoms with Gasteiger partial charge in [0.2, 0.25) is 0 Å². The van der Waals surface area contributed by atoms with Crippen LogP contribution in [0.5, 0.6) is 0 Å². The largest absolute Gasteiger partial charge is 0.328 e. The van der Waals surface area contributed by atoms with Crippen molar-refractivity contribution in [3.63, 3.8) is 0 Å². The maximum atomic E-state index is 5.89. The smallest absolute Gasteiger partial charge is 0.199 e. The number of aromatic amines is 1. The zero-order valence-corrected chi connectivity index (χ0v) is 10.3. The van der Waals surface area contributed by atoms with Crippen LogP contribution in [0.25, 0.3) is 28.3 Å². The van der Waals surface area contributed by atoms with Gasteiger partial charge in [0.25, 0.3) is 0 Å². The summed E-state index contributed by atoms with van der Waals surface area (Å²) in [5, 5.41) is 0.689. The second kappa shape index (κ2) is 3.76. The highest BCUT2D eigenvalue weighted by molar-refractivity contribution is 6.30. The number of rotatable bonds is 1. The molecule has 4 rings (SSSR count). The molecule has 1 N–H and O–H groups in total. The molecule has 0 spiro atoms. The highest BCUT2D eigenvalue weighted by Gasteiger charge is 2.10. The summed E-state index contributed by atoms with van der Waals surface area (Å²) < 4.78 is 1.85. The number of imidazole rings is 2. The third kappa shape index (κ3) is 1.57. The number of benzene rings is 1. The first-order chi connectivity index (χ1) is 9.31. The number of hydrogen-bond donors (Lipinski definition) is 1. The lowest BCUT2D eigenvalue weighted by Crippen LogP contribution is -1.94. The highest BCUT2D eigenvalue weighted by Crippen LogP contribution is 2.18. The van der Waals surface area contributed by atoms with Gasteiger partial charge in [-0.2, -0.15) is 0 Å². The zero-order valence-electron chi connectivity index (χ0n) is 9.58. The average molecular weight is 271 g/mol. The lowest BCUT2D eigenvalue weighted by Gasteiger charge is -2.02. The topological polar surface area (TPSA) is 72.3 Å². The van der Waals surface area contributed by atoms with E-state index in [-0.39, 0.29) is 0 Å². The number of halogens is 1. The van der Waals surface area contributed by atoms with E-state index in [0.717, 1.165) is 5.69 Å². The maximum absolute atomic E-state index is 5.89. The summed E-state index contributed by atoms with van der Waals surface area (Å²) >= 11 is 5.89. The summed E-state index contributed by atoms with van der Waals surface area (Å²) in [7, 11) is 0. The molecule has 0 fully saturated rings. The number of nitrogens with one attached hydrogen (secondary N) is 1. The van der Waals surface area contributed by atoms with Crippen LogP contribution in [0.1, 0.15) is 0 Å². The van der Waals surface area contributed by atoms with E-state index in [1.54, 1.807) is 12.7 Å². The highest BCUT2D eigenvalue weighted by atomic mass is 35.5. The van der Waals surface area contributed by atoms with Crippen LogP contribution in [-0.4, -0.2) is 29.5 Å². The number of hydrogen-bond acceptors (Lipinski definition) is 4. The average Bonchev–Trinajstić information content (AvgIpc) is 3.03. The Morgan fingerprint density at radius 2 is 1.84 bits per heavy atom. The molecule has 0 unspecified atom stereocenters. The number of H-pyrrole nitrogens is 1. The molecular weight excluding hydrogens is 264 g/mol. The van der Waals surface area contributed by atoms with Crippen molar-refractivity contribution in [2.24, 2.45) is 0 Å². The Labute approximate surface area is 112 Å². The van der Waals surface area contributed by atoms with Crippen molar-refractivity contribution in [3.05, 3.63) is 41.9 Å². The van der Waals surface area contributed by atoms with E-state index in [1.807, 2.05) is 28.8 Å². The Hall–Kier alpha value is -2.47. The minimum Gasteiger partial charge on any atom is -0.328 e. The molecule has 7 heteroatoms. The molecule has 1 aromatic carbocycles. The number of nitrogens with zero attached hydrogens (tertiary/aromatic N) is 5. The van der Waals surface area contributed by atoms with Crippen molar-refractivity contribution < 1.29 is 0 Å². The van der Waals surface area contributed by atoms with E-state index in [4.69, 9.17) is 11.6 Å². The van der Waals surface area contributed by atoms with Crippen LogP contribution in [0.4, 0.5) is 0 Å². The summed E-state index contributed by atoms with van der Waals surface area (Å²) in [5.74, 6) is 0. The number of aromatic nitrogens is 6. The fourth-order valence-corrected chi connectivity index (χ4v) is 2.08.